The van der Waals surface area contributed by atoms with Gasteiger partial charge in [0.1, 0.15) is 0 Å². The monoisotopic (exact) mass is 154 g/mol. The van der Waals surface area contributed by atoms with E-state index in [1.165, 1.54) is 0 Å². The molecule has 56 valence electrons. The zero-order chi connectivity index (χ0) is 6.77. The van der Waals surface area contributed by atoms with Gasteiger partial charge < -0.3 is 0 Å². The first-order valence-electron chi connectivity index (χ1n) is 4.48. The fraction of sp³-hybridized carbons (Fsp3) is 1.00. The topological polar surface area (TPSA) is 0 Å². The number of hydrogen-bond donors (Lipinski definition) is 0. The molecule has 2 bridgehead atoms. The molecule has 4 aliphatic rings. The summed E-state index contributed by atoms with van der Waals surface area (Å²) in [5, 5.41) is 1.10. The zero-order valence-electron chi connectivity index (χ0n) is 6.47. The Hall–Kier alpha value is 0.350. The molecule has 0 radical (unpaired) electrons. The molecule has 2 unspecified atom stereocenters. The molecule has 0 amide bonds. The Morgan fingerprint density at radius 1 is 1.20 bits per heavy atom. The first kappa shape index (κ1) is 5.93. The van der Waals surface area contributed by atoms with E-state index in [0.29, 0.717) is 0 Å². The number of hydrogen-bond acceptors (Lipinski definition) is 1. The lowest BCUT2D eigenvalue weighted by Gasteiger charge is -2.38. The summed E-state index contributed by atoms with van der Waals surface area (Å²) in [5.41, 5.74) is 0. The lowest BCUT2D eigenvalue weighted by Crippen LogP contribution is -2.37. The molecule has 1 aliphatic heterocycles. The maximum absolute atomic E-state index is 2.50. The van der Waals surface area contributed by atoms with Crippen molar-refractivity contribution >= 4 is 11.8 Å². The van der Waals surface area contributed by atoms with E-state index in [0.717, 1.165) is 21.8 Å². The minimum absolute atomic E-state index is 0.779. The van der Waals surface area contributed by atoms with Crippen LogP contribution in [-0.2, 0) is 0 Å². The molecule has 4 fully saturated rings. The van der Waals surface area contributed by atoms with Crippen LogP contribution in [0.4, 0.5) is 0 Å². The molecule has 3 aliphatic carbocycles. The lowest BCUT2D eigenvalue weighted by atomic mass is 9.65. The van der Waals surface area contributed by atoms with Crippen LogP contribution in [0, 0.1) is 11.8 Å². The summed E-state index contributed by atoms with van der Waals surface area (Å²) in [7, 11) is 0. The fourth-order valence-corrected chi connectivity index (χ4v) is 4.88. The van der Waals surface area contributed by atoms with Crippen LogP contribution in [0.15, 0.2) is 0 Å². The van der Waals surface area contributed by atoms with Crippen molar-refractivity contribution in [1.82, 2.24) is 0 Å². The van der Waals surface area contributed by atoms with E-state index in [2.05, 4.69) is 18.7 Å². The molecule has 0 spiro atoms. The van der Waals surface area contributed by atoms with Crippen LogP contribution in [0.3, 0.4) is 0 Å². The third-order valence-corrected chi connectivity index (χ3v) is 5.87. The van der Waals surface area contributed by atoms with Gasteiger partial charge in [-0.15, -0.1) is 11.8 Å². The predicted molar refractivity (Wildman–Crippen MR) is 45.2 cm³/mol. The molecule has 0 nitrogen and oxygen atoms in total. The van der Waals surface area contributed by atoms with Gasteiger partial charge in [0.05, 0.1) is 0 Å². The summed E-state index contributed by atoms with van der Waals surface area (Å²) in [6.45, 7) is 2.50. The Bertz CT molecular complexity index is 170. The molecule has 1 heteroatoms. The molecule has 1 saturated heterocycles. The van der Waals surface area contributed by atoms with Gasteiger partial charge in [-0.05, 0) is 44.4 Å². The van der Waals surface area contributed by atoms with Crippen LogP contribution >= 0.6 is 11.8 Å². The average molecular weight is 154 g/mol. The summed E-state index contributed by atoms with van der Waals surface area (Å²) in [5.74, 6) is 2.23. The average Bonchev–Trinajstić information content (AvgIpc) is 2.66. The molecule has 3 saturated carbocycles. The van der Waals surface area contributed by atoms with Crippen molar-refractivity contribution in [3.63, 3.8) is 0 Å². The molecule has 1 heterocycles. The maximum atomic E-state index is 2.50. The van der Waals surface area contributed by atoms with Crippen LogP contribution in [0.2, 0.25) is 0 Å². The minimum Gasteiger partial charge on any atom is -0.149 e. The molecular formula is C9H14S. The van der Waals surface area contributed by atoms with Gasteiger partial charge in [-0.3, -0.25) is 0 Å². The van der Waals surface area contributed by atoms with Crippen LogP contribution in [0.1, 0.15) is 32.6 Å². The third-order valence-electron chi connectivity index (χ3n) is 3.90. The third kappa shape index (κ3) is 0.524. The van der Waals surface area contributed by atoms with E-state index in [1.54, 1.807) is 25.7 Å². The van der Waals surface area contributed by atoms with Crippen LogP contribution < -0.4 is 0 Å². The SMILES string of the molecule is CC12SC1C1CCC2CC1. The van der Waals surface area contributed by atoms with E-state index in [4.69, 9.17) is 0 Å². The fourth-order valence-electron chi connectivity index (χ4n) is 3.13. The second kappa shape index (κ2) is 1.57. The molecule has 0 N–H and O–H groups in total. The lowest BCUT2D eigenvalue weighted by molar-refractivity contribution is 0.175. The van der Waals surface area contributed by atoms with E-state index in [-0.39, 0.29) is 0 Å². The summed E-state index contributed by atoms with van der Waals surface area (Å²) < 4.78 is 0.779. The van der Waals surface area contributed by atoms with Crippen LogP contribution in [-0.4, -0.2) is 10.00 Å². The second-order valence-corrected chi connectivity index (χ2v) is 5.96. The highest BCUT2D eigenvalue weighted by Crippen LogP contribution is 2.70. The Balaban J connectivity index is 1.98. The first-order valence-corrected chi connectivity index (χ1v) is 5.36. The van der Waals surface area contributed by atoms with Crippen molar-refractivity contribution < 1.29 is 0 Å². The number of fused-ring (bicyclic) bond motifs is 2. The number of rotatable bonds is 0. The minimum atomic E-state index is 0.779. The smallest absolute Gasteiger partial charge is 0.0284 e. The van der Waals surface area contributed by atoms with Gasteiger partial charge in [0, 0.05) is 10.00 Å². The van der Waals surface area contributed by atoms with Gasteiger partial charge in [-0.1, -0.05) is 0 Å². The van der Waals surface area contributed by atoms with Crippen molar-refractivity contribution in [3.8, 4) is 0 Å². The Morgan fingerprint density at radius 3 is 2.30 bits per heavy atom. The highest BCUT2D eigenvalue weighted by molar-refractivity contribution is 8.08. The summed E-state index contributed by atoms with van der Waals surface area (Å²) >= 11 is 2.28. The van der Waals surface area contributed by atoms with Crippen LogP contribution in [0.5, 0.6) is 0 Å². The molecule has 4 rings (SSSR count). The second-order valence-electron chi connectivity index (χ2n) is 4.33. The van der Waals surface area contributed by atoms with Crippen molar-refractivity contribution in [2.45, 2.75) is 42.6 Å². The van der Waals surface area contributed by atoms with Gasteiger partial charge in [-0.2, -0.15) is 0 Å². The van der Waals surface area contributed by atoms with E-state index >= 15 is 0 Å². The highest BCUT2D eigenvalue weighted by Gasteiger charge is 2.63. The summed E-state index contributed by atoms with van der Waals surface area (Å²) in [6.07, 6.45) is 6.20. The van der Waals surface area contributed by atoms with Crippen molar-refractivity contribution in [1.29, 1.82) is 0 Å². The van der Waals surface area contributed by atoms with Crippen molar-refractivity contribution in [2.75, 3.05) is 0 Å². The first-order chi connectivity index (χ1) is 4.81. The molecule has 0 aromatic carbocycles. The van der Waals surface area contributed by atoms with E-state index < -0.39 is 0 Å². The molecule has 10 heavy (non-hydrogen) atoms. The van der Waals surface area contributed by atoms with Crippen molar-refractivity contribution in [3.05, 3.63) is 0 Å². The van der Waals surface area contributed by atoms with Gasteiger partial charge in [0.25, 0.3) is 0 Å². The molecule has 2 atom stereocenters. The quantitative estimate of drug-likeness (QED) is 0.483. The van der Waals surface area contributed by atoms with Crippen molar-refractivity contribution in [2.24, 2.45) is 11.8 Å². The standard InChI is InChI=1S/C9H14S/c1-9-7-4-2-6(3-5-7)8(9)10-9/h6-8H,2-5H2,1H3. The zero-order valence-corrected chi connectivity index (χ0v) is 7.29. The van der Waals surface area contributed by atoms with E-state index in [1.807, 2.05) is 0 Å². The highest BCUT2D eigenvalue weighted by atomic mass is 32.2. The maximum Gasteiger partial charge on any atom is 0.0284 e. The van der Waals surface area contributed by atoms with Crippen LogP contribution in [0.25, 0.3) is 0 Å². The molecule has 0 aromatic heterocycles. The number of thioether (sulfide) groups is 1. The normalized spacial score (nSPS) is 63.9. The van der Waals surface area contributed by atoms with E-state index in [9.17, 15) is 0 Å². The summed E-state index contributed by atoms with van der Waals surface area (Å²) in [6, 6.07) is 0. The largest absolute Gasteiger partial charge is 0.149 e. The molecular weight excluding hydrogens is 140 g/mol. The van der Waals surface area contributed by atoms with Gasteiger partial charge >= 0.3 is 0 Å². The van der Waals surface area contributed by atoms with Gasteiger partial charge in [-0.25, -0.2) is 0 Å². The Labute approximate surface area is 66.8 Å². The Kier molecular flexibility index (Phi) is 0.934. The van der Waals surface area contributed by atoms with Gasteiger partial charge in [0.2, 0.25) is 0 Å². The molecule has 0 aromatic rings. The Morgan fingerprint density at radius 2 is 1.90 bits per heavy atom. The predicted octanol–water partition coefficient (Wildman–Crippen LogP) is 2.68. The summed E-state index contributed by atoms with van der Waals surface area (Å²) in [4.78, 5) is 0. The van der Waals surface area contributed by atoms with Gasteiger partial charge in [0.15, 0.2) is 0 Å².